The lowest BCUT2D eigenvalue weighted by Crippen LogP contribution is -2.07. The zero-order valence-corrected chi connectivity index (χ0v) is 13.4. The molecule has 0 saturated carbocycles. The molecule has 2 rings (SSSR count). The summed E-state index contributed by atoms with van der Waals surface area (Å²) in [6.07, 6.45) is 1.85. The van der Waals surface area contributed by atoms with Crippen molar-refractivity contribution in [3.63, 3.8) is 0 Å². The second kappa shape index (κ2) is 6.87. The monoisotopic (exact) mass is 305 g/mol. The lowest BCUT2D eigenvalue weighted by molar-refractivity contribution is 0.416. The first kappa shape index (κ1) is 15.7. The predicted molar refractivity (Wildman–Crippen MR) is 85.9 cm³/mol. The summed E-state index contributed by atoms with van der Waals surface area (Å²) in [4.78, 5) is 9.24. The molecule has 112 valence electrons. The van der Waals surface area contributed by atoms with E-state index >= 15 is 0 Å². The molecule has 0 amide bonds. The van der Waals surface area contributed by atoms with E-state index in [9.17, 15) is 0 Å². The quantitative estimate of drug-likeness (QED) is 0.920. The van der Waals surface area contributed by atoms with Crippen molar-refractivity contribution in [1.29, 1.82) is 0 Å². The maximum atomic E-state index is 6.00. The first-order valence-electron chi connectivity index (χ1n) is 6.95. The van der Waals surface area contributed by atoms with E-state index in [-0.39, 0.29) is 0 Å². The van der Waals surface area contributed by atoms with Crippen LogP contribution in [0, 0.1) is 13.8 Å². The Labute approximate surface area is 130 Å². The highest BCUT2D eigenvalue weighted by atomic mass is 35.5. The first-order chi connectivity index (χ1) is 10.1. The van der Waals surface area contributed by atoms with Crippen molar-refractivity contribution in [2.45, 2.75) is 26.7 Å². The van der Waals surface area contributed by atoms with E-state index in [1.165, 1.54) is 5.56 Å². The predicted octanol–water partition coefficient (Wildman–Crippen LogP) is 3.31. The van der Waals surface area contributed by atoms with Crippen molar-refractivity contribution in [3.05, 3.63) is 40.2 Å². The largest absolute Gasteiger partial charge is 0.496 e. The number of methoxy groups -OCH3 is 1. The van der Waals surface area contributed by atoms with E-state index < -0.39 is 0 Å². The maximum Gasteiger partial charge on any atom is 0.163 e. The molecule has 0 bridgehead atoms. The summed E-state index contributed by atoms with van der Waals surface area (Å²) < 4.78 is 5.37. The van der Waals surface area contributed by atoms with Crippen LogP contribution in [0.5, 0.6) is 5.75 Å². The Morgan fingerprint density at radius 1 is 1.19 bits per heavy atom. The zero-order chi connectivity index (χ0) is 15.4. The van der Waals surface area contributed by atoms with Crippen LogP contribution in [-0.4, -0.2) is 23.6 Å². The number of hydrogen-bond acceptors (Lipinski definition) is 4. The van der Waals surface area contributed by atoms with Crippen molar-refractivity contribution >= 4 is 11.6 Å². The molecule has 1 aromatic heterocycles. The third-order valence-electron chi connectivity index (χ3n) is 3.46. The second-order valence-corrected chi connectivity index (χ2v) is 5.37. The number of halogens is 1. The average molecular weight is 306 g/mol. The smallest absolute Gasteiger partial charge is 0.163 e. The van der Waals surface area contributed by atoms with Crippen molar-refractivity contribution in [3.8, 4) is 17.1 Å². The minimum Gasteiger partial charge on any atom is -0.496 e. The standard InChI is InChI=1S/C16H20ClN3O/c1-10-13(5-4-8-18)11(2)20-16(19-10)14-7-6-12(17)9-15(14)21-3/h6-7,9H,4-5,8,18H2,1-3H3. The fourth-order valence-electron chi connectivity index (χ4n) is 2.35. The molecular formula is C16H20ClN3O. The molecule has 2 N–H and O–H groups in total. The minimum atomic E-state index is 0.628. The Kier molecular flexibility index (Phi) is 5.15. The summed E-state index contributed by atoms with van der Waals surface area (Å²) >= 11 is 6.00. The van der Waals surface area contributed by atoms with Crippen LogP contribution >= 0.6 is 11.6 Å². The van der Waals surface area contributed by atoms with Gasteiger partial charge in [-0.15, -0.1) is 0 Å². The number of hydrogen-bond donors (Lipinski definition) is 1. The van der Waals surface area contributed by atoms with Gasteiger partial charge in [-0.1, -0.05) is 11.6 Å². The Morgan fingerprint density at radius 3 is 2.43 bits per heavy atom. The average Bonchev–Trinajstić information content (AvgIpc) is 2.46. The molecule has 0 aliphatic heterocycles. The number of aromatic nitrogens is 2. The molecule has 0 saturated heterocycles. The van der Waals surface area contributed by atoms with Gasteiger partial charge in [0, 0.05) is 16.4 Å². The third-order valence-corrected chi connectivity index (χ3v) is 3.69. The molecule has 0 aliphatic rings. The van der Waals surface area contributed by atoms with E-state index in [0.717, 1.165) is 29.8 Å². The molecule has 4 nitrogen and oxygen atoms in total. The van der Waals surface area contributed by atoms with Crippen LogP contribution in [-0.2, 0) is 6.42 Å². The second-order valence-electron chi connectivity index (χ2n) is 4.93. The summed E-state index contributed by atoms with van der Waals surface area (Å²) in [6, 6.07) is 5.47. The molecule has 0 aliphatic carbocycles. The van der Waals surface area contributed by atoms with Crippen LogP contribution in [0.3, 0.4) is 0 Å². The lowest BCUT2D eigenvalue weighted by atomic mass is 10.1. The summed E-state index contributed by atoms with van der Waals surface area (Å²) in [5, 5.41) is 0.628. The zero-order valence-electron chi connectivity index (χ0n) is 12.6. The van der Waals surface area contributed by atoms with E-state index in [1.807, 2.05) is 26.0 Å². The number of benzene rings is 1. The van der Waals surface area contributed by atoms with Gasteiger partial charge in [-0.05, 0) is 57.0 Å². The normalized spacial score (nSPS) is 10.7. The van der Waals surface area contributed by atoms with E-state index in [4.69, 9.17) is 22.1 Å². The Bertz CT molecular complexity index is 620. The van der Waals surface area contributed by atoms with Crippen molar-refractivity contribution in [2.75, 3.05) is 13.7 Å². The molecule has 21 heavy (non-hydrogen) atoms. The molecule has 1 aromatic carbocycles. The SMILES string of the molecule is COc1cc(Cl)ccc1-c1nc(C)c(CCCN)c(C)n1. The molecule has 0 atom stereocenters. The first-order valence-corrected chi connectivity index (χ1v) is 7.32. The van der Waals surface area contributed by atoms with E-state index in [1.54, 1.807) is 13.2 Å². The van der Waals surface area contributed by atoms with Gasteiger partial charge in [-0.25, -0.2) is 9.97 Å². The van der Waals surface area contributed by atoms with Crippen LogP contribution < -0.4 is 10.5 Å². The number of nitrogens with zero attached hydrogens (tertiary/aromatic N) is 2. The summed E-state index contributed by atoms with van der Waals surface area (Å²) in [7, 11) is 1.62. The van der Waals surface area contributed by atoms with Crippen molar-refractivity contribution < 1.29 is 4.74 Å². The van der Waals surface area contributed by atoms with Crippen LogP contribution in [0.1, 0.15) is 23.4 Å². The lowest BCUT2D eigenvalue weighted by Gasteiger charge is -2.12. The maximum absolute atomic E-state index is 6.00. The van der Waals surface area contributed by atoms with Crippen LogP contribution in [0.15, 0.2) is 18.2 Å². The molecule has 0 unspecified atom stereocenters. The van der Waals surface area contributed by atoms with Gasteiger partial charge in [0.05, 0.1) is 12.7 Å². The van der Waals surface area contributed by atoms with Gasteiger partial charge >= 0.3 is 0 Å². The van der Waals surface area contributed by atoms with Crippen molar-refractivity contribution in [1.82, 2.24) is 9.97 Å². The van der Waals surface area contributed by atoms with Gasteiger partial charge < -0.3 is 10.5 Å². The molecule has 1 heterocycles. The number of nitrogens with two attached hydrogens (primary N) is 1. The molecule has 0 fully saturated rings. The minimum absolute atomic E-state index is 0.628. The molecule has 2 aromatic rings. The van der Waals surface area contributed by atoms with Gasteiger partial charge in [-0.2, -0.15) is 0 Å². The van der Waals surface area contributed by atoms with Gasteiger partial charge in [0.2, 0.25) is 0 Å². The molecular weight excluding hydrogens is 286 g/mol. The Hall–Kier alpha value is -1.65. The van der Waals surface area contributed by atoms with Gasteiger partial charge in [0.15, 0.2) is 5.82 Å². The highest BCUT2D eigenvalue weighted by Gasteiger charge is 2.13. The summed E-state index contributed by atoms with van der Waals surface area (Å²) in [5.41, 5.74) is 9.58. The van der Waals surface area contributed by atoms with Crippen LogP contribution in [0.2, 0.25) is 5.02 Å². The molecule has 0 spiro atoms. The highest BCUT2D eigenvalue weighted by molar-refractivity contribution is 6.30. The van der Waals surface area contributed by atoms with Gasteiger partial charge in [0.1, 0.15) is 5.75 Å². The summed E-state index contributed by atoms with van der Waals surface area (Å²) in [6.45, 7) is 4.69. The Balaban J connectivity index is 2.46. The topological polar surface area (TPSA) is 61.0 Å². The third kappa shape index (κ3) is 3.52. The van der Waals surface area contributed by atoms with Crippen molar-refractivity contribution in [2.24, 2.45) is 5.73 Å². The molecule has 5 heteroatoms. The van der Waals surface area contributed by atoms with E-state index in [0.29, 0.717) is 23.1 Å². The van der Waals surface area contributed by atoms with Crippen LogP contribution in [0.4, 0.5) is 0 Å². The van der Waals surface area contributed by atoms with Gasteiger partial charge in [-0.3, -0.25) is 0 Å². The summed E-state index contributed by atoms with van der Waals surface area (Å²) in [5.74, 6) is 1.34. The number of rotatable bonds is 5. The van der Waals surface area contributed by atoms with Gasteiger partial charge in [0.25, 0.3) is 0 Å². The fourth-order valence-corrected chi connectivity index (χ4v) is 2.51. The number of aryl methyl sites for hydroxylation is 2. The van der Waals surface area contributed by atoms with Crippen LogP contribution in [0.25, 0.3) is 11.4 Å². The number of ether oxygens (including phenoxy) is 1. The Morgan fingerprint density at radius 2 is 1.86 bits per heavy atom. The highest BCUT2D eigenvalue weighted by Crippen LogP contribution is 2.31. The fraction of sp³-hybridized carbons (Fsp3) is 0.375. The van der Waals surface area contributed by atoms with E-state index in [2.05, 4.69) is 9.97 Å². The molecule has 0 radical (unpaired) electrons.